The zero-order chi connectivity index (χ0) is 40.8. The van der Waals surface area contributed by atoms with Crippen LogP contribution >= 0.6 is 0 Å². The van der Waals surface area contributed by atoms with E-state index in [0.29, 0.717) is 19.3 Å². The van der Waals surface area contributed by atoms with Gasteiger partial charge < -0.3 is 14.2 Å². The summed E-state index contributed by atoms with van der Waals surface area (Å²) >= 11 is 0. The first-order chi connectivity index (χ1) is 27.5. The van der Waals surface area contributed by atoms with Gasteiger partial charge in [0.2, 0.25) is 0 Å². The van der Waals surface area contributed by atoms with E-state index in [4.69, 9.17) is 14.2 Å². The number of allylic oxidation sites excluding steroid dienone is 2. The molecule has 1 atom stereocenters. The highest BCUT2D eigenvalue weighted by Gasteiger charge is 2.19. The van der Waals surface area contributed by atoms with Crippen LogP contribution in [-0.4, -0.2) is 37.2 Å². The molecule has 0 radical (unpaired) electrons. The summed E-state index contributed by atoms with van der Waals surface area (Å²) in [6.45, 7) is 6.62. The van der Waals surface area contributed by atoms with Crippen molar-refractivity contribution in [1.82, 2.24) is 0 Å². The van der Waals surface area contributed by atoms with Crippen molar-refractivity contribution in [3.8, 4) is 0 Å². The molecule has 6 nitrogen and oxygen atoms in total. The predicted octanol–water partition coefficient (Wildman–Crippen LogP) is 15.8. The molecule has 0 unspecified atom stereocenters. The minimum atomic E-state index is -0.762. The van der Waals surface area contributed by atoms with Gasteiger partial charge in [0, 0.05) is 19.3 Å². The van der Waals surface area contributed by atoms with E-state index in [0.717, 1.165) is 57.8 Å². The fourth-order valence-electron chi connectivity index (χ4n) is 7.26. The first kappa shape index (κ1) is 54.2. The number of esters is 3. The summed E-state index contributed by atoms with van der Waals surface area (Å²) < 4.78 is 16.7. The van der Waals surface area contributed by atoms with Crippen LogP contribution in [-0.2, 0) is 28.6 Å². The van der Waals surface area contributed by atoms with Crippen molar-refractivity contribution in [1.29, 1.82) is 0 Å². The summed E-state index contributed by atoms with van der Waals surface area (Å²) in [5.41, 5.74) is 0. The predicted molar refractivity (Wildman–Crippen MR) is 238 cm³/mol. The minimum Gasteiger partial charge on any atom is -0.462 e. The maximum absolute atomic E-state index is 12.7. The molecule has 0 aliphatic carbocycles. The van der Waals surface area contributed by atoms with Crippen LogP contribution in [0.25, 0.3) is 0 Å². The smallest absolute Gasteiger partial charge is 0.306 e. The lowest BCUT2D eigenvalue weighted by Gasteiger charge is -2.18. The molecule has 0 heterocycles. The first-order valence-electron chi connectivity index (χ1n) is 24.7. The molecule has 0 spiro atoms. The Morgan fingerprint density at radius 3 is 0.893 bits per heavy atom. The lowest BCUT2D eigenvalue weighted by atomic mass is 10.1. The Kier molecular flexibility index (Phi) is 44.3. The average Bonchev–Trinajstić information content (AvgIpc) is 3.19. The molecule has 0 aromatic carbocycles. The zero-order valence-corrected chi connectivity index (χ0v) is 37.7. The van der Waals surface area contributed by atoms with Crippen molar-refractivity contribution in [2.24, 2.45) is 0 Å². The number of rotatable bonds is 45. The van der Waals surface area contributed by atoms with Crippen LogP contribution in [0.15, 0.2) is 12.2 Å². The van der Waals surface area contributed by atoms with Crippen molar-refractivity contribution >= 4 is 17.9 Å². The van der Waals surface area contributed by atoms with Crippen LogP contribution in [0.5, 0.6) is 0 Å². The Morgan fingerprint density at radius 2 is 0.589 bits per heavy atom. The van der Waals surface area contributed by atoms with Gasteiger partial charge >= 0.3 is 17.9 Å². The summed E-state index contributed by atoms with van der Waals surface area (Å²) in [7, 11) is 0. The third kappa shape index (κ3) is 43.3. The monoisotopic (exact) mass is 791 g/mol. The molecule has 0 aliphatic heterocycles. The van der Waals surface area contributed by atoms with Crippen LogP contribution in [0.4, 0.5) is 0 Å². The first-order valence-corrected chi connectivity index (χ1v) is 24.7. The number of hydrogen-bond donors (Lipinski definition) is 0. The van der Waals surface area contributed by atoms with Crippen LogP contribution < -0.4 is 0 Å². The zero-order valence-electron chi connectivity index (χ0n) is 37.7. The van der Waals surface area contributed by atoms with Crippen LogP contribution in [0.3, 0.4) is 0 Å². The molecule has 0 bridgehead atoms. The van der Waals surface area contributed by atoms with Gasteiger partial charge in [0.05, 0.1) is 0 Å². The number of unbranched alkanes of at least 4 members (excludes halogenated alkanes) is 32. The maximum Gasteiger partial charge on any atom is 0.306 e. The molecule has 0 aliphatic rings. The minimum absolute atomic E-state index is 0.0671. The third-order valence-corrected chi connectivity index (χ3v) is 11.0. The van der Waals surface area contributed by atoms with Gasteiger partial charge in [-0.2, -0.15) is 0 Å². The molecule has 0 N–H and O–H groups in total. The number of carbonyl (C=O) groups excluding carboxylic acids is 3. The molecule has 0 rings (SSSR count). The number of carbonyl (C=O) groups is 3. The average molecular weight is 791 g/mol. The Bertz CT molecular complexity index is 870. The van der Waals surface area contributed by atoms with Gasteiger partial charge in [0.25, 0.3) is 0 Å². The summed E-state index contributed by atoms with van der Waals surface area (Å²) in [5.74, 6) is -0.864. The second-order valence-electron chi connectivity index (χ2n) is 16.7. The lowest BCUT2D eigenvalue weighted by molar-refractivity contribution is -0.167. The molecule has 56 heavy (non-hydrogen) atoms. The van der Waals surface area contributed by atoms with Crippen molar-refractivity contribution < 1.29 is 28.6 Å². The molecule has 0 fully saturated rings. The summed E-state index contributed by atoms with van der Waals surface area (Å²) in [5, 5.41) is 0. The molecular formula is C50H94O6. The highest BCUT2D eigenvalue weighted by atomic mass is 16.6. The molecule has 0 saturated heterocycles. The van der Waals surface area contributed by atoms with E-state index in [-0.39, 0.29) is 31.1 Å². The van der Waals surface area contributed by atoms with E-state index in [1.807, 2.05) is 0 Å². The Labute approximate surface area is 348 Å². The van der Waals surface area contributed by atoms with E-state index in [9.17, 15) is 14.4 Å². The van der Waals surface area contributed by atoms with Gasteiger partial charge in [-0.1, -0.05) is 219 Å². The molecule has 6 heteroatoms. The Balaban J connectivity index is 4.22. The molecule has 0 amide bonds. The highest BCUT2D eigenvalue weighted by molar-refractivity contribution is 5.71. The SMILES string of the molecule is CCCCCCCCCC/C=C\CCCCCCCCCC(=O)OC[C@@H](COC(=O)CCCCCCCCCCC)OC(=O)CCCCCCCCCCCC. The maximum atomic E-state index is 12.7. The summed E-state index contributed by atoms with van der Waals surface area (Å²) in [6, 6.07) is 0. The highest BCUT2D eigenvalue weighted by Crippen LogP contribution is 2.15. The van der Waals surface area contributed by atoms with Crippen LogP contribution in [0, 0.1) is 0 Å². The van der Waals surface area contributed by atoms with Crippen LogP contribution in [0.2, 0.25) is 0 Å². The van der Waals surface area contributed by atoms with Crippen molar-refractivity contribution in [2.45, 2.75) is 277 Å². The Morgan fingerprint density at radius 1 is 0.339 bits per heavy atom. The van der Waals surface area contributed by atoms with Gasteiger partial charge in [0.1, 0.15) is 13.2 Å². The normalized spacial score (nSPS) is 12.0. The summed E-state index contributed by atoms with van der Waals surface area (Å²) in [6.07, 6.45) is 49.2. The van der Waals surface area contributed by atoms with E-state index >= 15 is 0 Å². The van der Waals surface area contributed by atoms with Crippen molar-refractivity contribution in [3.63, 3.8) is 0 Å². The Hall–Kier alpha value is -1.85. The van der Waals surface area contributed by atoms with Crippen LogP contribution in [0.1, 0.15) is 271 Å². The third-order valence-electron chi connectivity index (χ3n) is 11.0. The van der Waals surface area contributed by atoms with Gasteiger partial charge in [-0.05, 0) is 44.9 Å². The van der Waals surface area contributed by atoms with E-state index in [1.54, 1.807) is 0 Å². The lowest BCUT2D eigenvalue weighted by Crippen LogP contribution is -2.30. The fraction of sp³-hybridized carbons (Fsp3) is 0.900. The quantitative estimate of drug-likeness (QED) is 0.0264. The van der Waals surface area contributed by atoms with E-state index in [1.165, 1.54) is 173 Å². The second-order valence-corrected chi connectivity index (χ2v) is 16.7. The molecule has 0 saturated carbocycles. The van der Waals surface area contributed by atoms with Gasteiger partial charge in [0.15, 0.2) is 6.10 Å². The van der Waals surface area contributed by atoms with Gasteiger partial charge in [-0.25, -0.2) is 0 Å². The van der Waals surface area contributed by atoms with E-state index < -0.39 is 6.10 Å². The van der Waals surface area contributed by atoms with Crippen molar-refractivity contribution in [3.05, 3.63) is 12.2 Å². The molecular weight excluding hydrogens is 697 g/mol. The topological polar surface area (TPSA) is 78.9 Å². The largest absolute Gasteiger partial charge is 0.462 e. The van der Waals surface area contributed by atoms with Gasteiger partial charge in [-0.15, -0.1) is 0 Å². The molecule has 0 aromatic heterocycles. The number of ether oxygens (including phenoxy) is 3. The summed E-state index contributed by atoms with van der Waals surface area (Å²) in [4.78, 5) is 37.7. The fourth-order valence-corrected chi connectivity index (χ4v) is 7.26. The molecule has 330 valence electrons. The number of hydrogen-bond acceptors (Lipinski definition) is 6. The molecule has 0 aromatic rings. The second kappa shape index (κ2) is 45.8. The standard InChI is InChI=1S/C50H94O6/c1-4-7-10-13-16-19-21-22-23-24-25-26-27-28-29-32-34-37-40-43-49(52)55-46-47(45-54-48(51)42-39-36-33-30-18-15-12-9-6-3)56-50(53)44-41-38-35-31-20-17-14-11-8-5-2/h24-25,47H,4-23,26-46H2,1-3H3/b25-24-/t47-/m1/s1. The van der Waals surface area contributed by atoms with Gasteiger partial charge in [-0.3, -0.25) is 14.4 Å². The van der Waals surface area contributed by atoms with Crippen molar-refractivity contribution in [2.75, 3.05) is 13.2 Å². The van der Waals surface area contributed by atoms with E-state index in [2.05, 4.69) is 32.9 Å².